The summed E-state index contributed by atoms with van der Waals surface area (Å²) >= 11 is 0. The summed E-state index contributed by atoms with van der Waals surface area (Å²) in [6, 6.07) is 9.98. The Labute approximate surface area is 115 Å². The summed E-state index contributed by atoms with van der Waals surface area (Å²) in [5.41, 5.74) is 0.676. The van der Waals surface area contributed by atoms with E-state index >= 15 is 0 Å². The van der Waals surface area contributed by atoms with E-state index in [4.69, 9.17) is 15.5 Å². The van der Waals surface area contributed by atoms with Crippen LogP contribution >= 0.6 is 7.60 Å². The van der Waals surface area contributed by atoms with Crippen LogP contribution in [0, 0.1) is 12.3 Å². The molecule has 0 N–H and O–H groups in total. The van der Waals surface area contributed by atoms with Crippen LogP contribution in [-0.4, -0.2) is 18.9 Å². The Morgan fingerprint density at radius 2 is 1.79 bits per heavy atom. The van der Waals surface area contributed by atoms with Crippen molar-refractivity contribution >= 4 is 7.60 Å². The molecule has 19 heavy (non-hydrogen) atoms. The minimum atomic E-state index is -3.20. The lowest BCUT2D eigenvalue weighted by molar-refractivity contribution is 0.215. The summed E-state index contributed by atoms with van der Waals surface area (Å²) in [5, 5.41) is 0. The van der Waals surface area contributed by atoms with E-state index in [1.807, 2.05) is 30.3 Å². The topological polar surface area (TPSA) is 35.5 Å². The third kappa shape index (κ3) is 4.84. The summed E-state index contributed by atoms with van der Waals surface area (Å²) in [7, 11) is -3.20. The third-order valence-electron chi connectivity index (χ3n) is 2.74. The van der Waals surface area contributed by atoms with Gasteiger partial charge >= 0.3 is 7.60 Å². The van der Waals surface area contributed by atoms with E-state index in [9.17, 15) is 4.57 Å². The Balaban J connectivity index is 2.71. The summed E-state index contributed by atoms with van der Waals surface area (Å²) in [6.45, 7) is 4.24. The van der Waals surface area contributed by atoms with Gasteiger partial charge in [0.15, 0.2) is 0 Å². The molecular weight excluding hydrogens is 259 g/mol. The number of benzene rings is 1. The van der Waals surface area contributed by atoms with E-state index in [1.165, 1.54) is 5.56 Å². The molecule has 1 aromatic carbocycles. The number of terminal acetylenes is 1. The molecule has 0 saturated heterocycles. The Bertz CT molecular complexity index is 440. The fourth-order valence-corrected chi connectivity index (χ4v) is 3.64. The van der Waals surface area contributed by atoms with Gasteiger partial charge in [-0.05, 0) is 32.3 Å². The van der Waals surface area contributed by atoms with Crippen molar-refractivity contribution in [1.29, 1.82) is 0 Å². The van der Waals surface area contributed by atoms with Crippen LogP contribution in [0.25, 0.3) is 0 Å². The molecule has 3 nitrogen and oxygen atoms in total. The maximum atomic E-state index is 12.6. The van der Waals surface area contributed by atoms with Crippen molar-refractivity contribution in [3.8, 4) is 12.3 Å². The van der Waals surface area contributed by atoms with E-state index in [-0.39, 0.29) is 0 Å². The molecule has 4 heteroatoms. The molecule has 1 atom stereocenters. The SMILES string of the molecule is C#C[C@@H](CCc1ccccc1)P(=O)(OCC)OCC. The van der Waals surface area contributed by atoms with Gasteiger partial charge in [-0.15, -0.1) is 6.42 Å². The fraction of sp³-hybridized carbons (Fsp3) is 0.467. The van der Waals surface area contributed by atoms with E-state index in [2.05, 4.69) is 5.92 Å². The van der Waals surface area contributed by atoms with Crippen molar-refractivity contribution in [1.82, 2.24) is 0 Å². The largest absolute Gasteiger partial charge is 0.345 e. The van der Waals surface area contributed by atoms with E-state index in [1.54, 1.807) is 13.8 Å². The van der Waals surface area contributed by atoms with Crippen LogP contribution in [0.15, 0.2) is 30.3 Å². The Kier molecular flexibility index (Phi) is 6.87. The molecule has 0 radical (unpaired) electrons. The zero-order valence-corrected chi connectivity index (χ0v) is 12.4. The van der Waals surface area contributed by atoms with Crippen molar-refractivity contribution in [2.75, 3.05) is 13.2 Å². The number of hydrogen-bond donors (Lipinski definition) is 0. The summed E-state index contributed by atoms with van der Waals surface area (Å²) in [5.74, 6) is 2.57. The van der Waals surface area contributed by atoms with E-state index < -0.39 is 13.3 Å². The van der Waals surface area contributed by atoms with Crippen LogP contribution in [0.3, 0.4) is 0 Å². The smallest absolute Gasteiger partial charge is 0.308 e. The third-order valence-corrected chi connectivity index (χ3v) is 5.15. The molecule has 0 spiro atoms. The van der Waals surface area contributed by atoms with Gasteiger partial charge in [-0.25, -0.2) is 0 Å². The minimum absolute atomic E-state index is 0.334. The quantitative estimate of drug-likeness (QED) is 0.535. The normalized spacial score (nSPS) is 12.9. The standard InChI is InChI=1S/C15H21O3P/c1-4-15(19(16,17-5-2)18-6-3)13-12-14-10-8-7-9-11-14/h1,7-11,15H,5-6,12-13H2,2-3H3/t15-/m0/s1. The Morgan fingerprint density at radius 1 is 1.21 bits per heavy atom. The molecule has 1 rings (SSSR count). The highest BCUT2D eigenvalue weighted by Gasteiger charge is 2.33. The van der Waals surface area contributed by atoms with Crippen LogP contribution in [-0.2, 0) is 20.0 Å². The van der Waals surface area contributed by atoms with Crippen LogP contribution in [0.4, 0.5) is 0 Å². The maximum absolute atomic E-state index is 12.6. The highest BCUT2D eigenvalue weighted by atomic mass is 31.2. The Morgan fingerprint density at radius 3 is 2.26 bits per heavy atom. The zero-order chi connectivity index (χ0) is 14.1. The van der Waals surface area contributed by atoms with Crippen molar-refractivity contribution in [2.24, 2.45) is 0 Å². The van der Waals surface area contributed by atoms with Crippen LogP contribution in [0.5, 0.6) is 0 Å². The zero-order valence-electron chi connectivity index (χ0n) is 11.5. The van der Waals surface area contributed by atoms with Gasteiger partial charge in [0, 0.05) is 0 Å². The Hall–Kier alpha value is -1.07. The number of aryl methyl sites for hydroxylation is 1. The predicted molar refractivity (Wildman–Crippen MR) is 78.2 cm³/mol. The second kappa shape index (κ2) is 8.17. The molecule has 0 aliphatic heterocycles. The van der Waals surface area contributed by atoms with Crippen LogP contribution < -0.4 is 0 Å². The molecule has 104 valence electrons. The van der Waals surface area contributed by atoms with Crippen LogP contribution in [0.2, 0.25) is 0 Å². The van der Waals surface area contributed by atoms with Gasteiger partial charge in [-0.1, -0.05) is 36.3 Å². The lowest BCUT2D eigenvalue weighted by Gasteiger charge is -2.22. The first-order chi connectivity index (χ1) is 9.16. The molecule has 0 amide bonds. The van der Waals surface area contributed by atoms with Crippen molar-refractivity contribution in [2.45, 2.75) is 32.3 Å². The number of hydrogen-bond acceptors (Lipinski definition) is 3. The second-order valence-electron chi connectivity index (χ2n) is 4.08. The first-order valence-electron chi connectivity index (χ1n) is 6.55. The molecule has 0 fully saturated rings. The van der Waals surface area contributed by atoms with E-state index in [0.29, 0.717) is 19.6 Å². The number of rotatable bonds is 8. The highest BCUT2D eigenvalue weighted by Crippen LogP contribution is 2.54. The molecule has 0 saturated carbocycles. The summed E-state index contributed by atoms with van der Waals surface area (Å²) < 4.78 is 23.2. The van der Waals surface area contributed by atoms with Gasteiger partial charge in [0.25, 0.3) is 0 Å². The molecule has 0 unspecified atom stereocenters. The van der Waals surface area contributed by atoms with Gasteiger partial charge < -0.3 is 9.05 Å². The van der Waals surface area contributed by atoms with Crippen molar-refractivity contribution in [3.05, 3.63) is 35.9 Å². The lowest BCUT2D eigenvalue weighted by Crippen LogP contribution is -2.12. The first-order valence-corrected chi connectivity index (χ1v) is 8.16. The average molecular weight is 280 g/mol. The molecule has 1 aromatic rings. The lowest BCUT2D eigenvalue weighted by atomic mass is 10.1. The summed E-state index contributed by atoms with van der Waals surface area (Å²) in [6.07, 6.45) is 6.86. The highest BCUT2D eigenvalue weighted by molar-refractivity contribution is 7.55. The molecule has 0 aliphatic rings. The molecule has 0 aliphatic carbocycles. The van der Waals surface area contributed by atoms with Gasteiger partial charge in [0.1, 0.15) is 5.66 Å². The molecular formula is C15H21O3P. The van der Waals surface area contributed by atoms with Crippen molar-refractivity contribution in [3.63, 3.8) is 0 Å². The summed E-state index contributed by atoms with van der Waals surface area (Å²) in [4.78, 5) is 0. The van der Waals surface area contributed by atoms with Gasteiger partial charge in [-0.2, -0.15) is 0 Å². The average Bonchev–Trinajstić information content (AvgIpc) is 2.41. The first kappa shape index (κ1) is 16.0. The minimum Gasteiger partial charge on any atom is -0.308 e. The predicted octanol–water partition coefficient (Wildman–Crippen LogP) is 3.89. The second-order valence-corrected chi connectivity index (χ2v) is 6.30. The fourth-order valence-electron chi connectivity index (χ4n) is 1.86. The molecule has 0 bridgehead atoms. The van der Waals surface area contributed by atoms with Gasteiger partial charge in [0.05, 0.1) is 13.2 Å². The maximum Gasteiger partial charge on any atom is 0.345 e. The molecule has 0 aromatic heterocycles. The van der Waals surface area contributed by atoms with Gasteiger partial charge in [0.2, 0.25) is 0 Å². The monoisotopic (exact) mass is 280 g/mol. The van der Waals surface area contributed by atoms with Crippen molar-refractivity contribution < 1.29 is 13.6 Å². The van der Waals surface area contributed by atoms with E-state index in [0.717, 1.165) is 6.42 Å². The van der Waals surface area contributed by atoms with Gasteiger partial charge in [-0.3, -0.25) is 4.57 Å². The molecule has 0 heterocycles. The van der Waals surface area contributed by atoms with Crippen LogP contribution in [0.1, 0.15) is 25.8 Å².